The van der Waals surface area contributed by atoms with Crippen molar-refractivity contribution in [2.75, 3.05) is 33.3 Å². The van der Waals surface area contributed by atoms with E-state index < -0.39 is 0 Å². The number of carbonyl (C=O) groups excluding carboxylic acids is 1. The van der Waals surface area contributed by atoms with Gasteiger partial charge in [0.2, 0.25) is 0 Å². The van der Waals surface area contributed by atoms with Crippen molar-refractivity contribution in [3.63, 3.8) is 0 Å². The van der Waals surface area contributed by atoms with Gasteiger partial charge in [0.1, 0.15) is 0 Å². The third kappa shape index (κ3) is 2.45. The summed E-state index contributed by atoms with van der Waals surface area (Å²) < 4.78 is 4.56. The Labute approximate surface area is 94.9 Å². The monoisotopic (exact) mass is 229 g/mol. The van der Waals surface area contributed by atoms with E-state index in [1.807, 2.05) is 0 Å². The Balaban J connectivity index is 1.81. The van der Waals surface area contributed by atoms with Crippen LogP contribution in [-0.2, 0) is 4.74 Å². The zero-order valence-corrected chi connectivity index (χ0v) is 9.48. The van der Waals surface area contributed by atoms with E-state index in [4.69, 9.17) is 0 Å². The number of hydrogen-bond acceptors (Lipinski definition) is 5. The first kappa shape index (κ1) is 11.6. The average Bonchev–Trinajstić information content (AvgIpc) is 2.86. The van der Waals surface area contributed by atoms with Crippen molar-refractivity contribution in [2.45, 2.75) is 24.6 Å². The number of nitrogens with zero attached hydrogens (tertiary/aromatic N) is 1. The van der Waals surface area contributed by atoms with Gasteiger partial charge in [-0.1, -0.05) is 0 Å². The highest BCUT2D eigenvalue weighted by Gasteiger charge is 2.35. The molecular weight excluding hydrogens is 210 g/mol. The van der Waals surface area contributed by atoms with Crippen LogP contribution < -0.4 is 10.6 Å². The zero-order valence-electron chi connectivity index (χ0n) is 9.48. The fourth-order valence-corrected chi connectivity index (χ4v) is 2.46. The number of hydrogen-bond donors (Lipinski definition) is 3. The maximum absolute atomic E-state index is 11.0. The third-order valence-corrected chi connectivity index (χ3v) is 3.35. The fourth-order valence-electron chi connectivity index (χ4n) is 2.46. The molecule has 2 aliphatic rings. The first-order valence-electron chi connectivity index (χ1n) is 5.68. The molecule has 1 amide bonds. The average molecular weight is 229 g/mol. The molecule has 0 aromatic rings. The second-order valence-electron chi connectivity index (χ2n) is 4.41. The van der Waals surface area contributed by atoms with Crippen molar-refractivity contribution in [1.29, 1.82) is 0 Å². The minimum Gasteiger partial charge on any atom is -0.453 e. The standard InChI is InChI=1S/C10H19N3O3/c1-16-10(15)12-7-2-3-13(6-7)8-4-11-5-9(8)14/h7-9,11,14H,2-6H2,1H3,(H,12,15). The number of likely N-dealkylation sites (tertiary alicyclic amines) is 1. The van der Waals surface area contributed by atoms with Crippen molar-refractivity contribution >= 4 is 6.09 Å². The molecule has 2 aliphatic heterocycles. The smallest absolute Gasteiger partial charge is 0.407 e. The number of amides is 1. The molecule has 0 aromatic carbocycles. The molecule has 0 spiro atoms. The quantitative estimate of drug-likeness (QED) is 0.552. The Bertz CT molecular complexity index is 262. The maximum Gasteiger partial charge on any atom is 0.407 e. The second kappa shape index (κ2) is 4.99. The van der Waals surface area contributed by atoms with Gasteiger partial charge in [-0.15, -0.1) is 0 Å². The Kier molecular flexibility index (Phi) is 3.63. The van der Waals surface area contributed by atoms with Gasteiger partial charge in [0.05, 0.1) is 13.2 Å². The predicted molar refractivity (Wildman–Crippen MR) is 58.2 cm³/mol. The Morgan fingerprint density at radius 2 is 2.38 bits per heavy atom. The molecule has 3 unspecified atom stereocenters. The molecule has 3 atom stereocenters. The molecule has 6 nitrogen and oxygen atoms in total. The molecule has 0 aliphatic carbocycles. The van der Waals surface area contributed by atoms with E-state index >= 15 is 0 Å². The van der Waals surface area contributed by atoms with Crippen molar-refractivity contribution in [3.8, 4) is 0 Å². The van der Waals surface area contributed by atoms with E-state index in [2.05, 4.69) is 20.3 Å². The van der Waals surface area contributed by atoms with Crippen LogP contribution in [0, 0.1) is 0 Å². The second-order valence-corrected chi connectivity index (χ2v) is 4.41. The largest absolute Gasteiger partial charge is 0.453 e. The summed E-state index contributed by atoms with van der Waals surface area (Å²) in [5.74, 6) is 0. The van der Waals surface area contributed by atoms with Gasteiger partial charge in [-0.25, -0.2) is 4.79 Å². The van der Waals surface area contributed by atoms with Crippen LogP contribution >= 0.6 is 0 Å². The Morgan fingerprint density at radius 3 is 3.00 bits per heavy atom. The minimum atomic E-state index is -0.378. The van der Waals surface area contributed by atoms with Crippen molar-refractivity contribution in [2.24, 2.45) is 0 Å². The number of carbonyl (C=O) groups is 1. The molecule has 0 bridgehead atoms. The summed E-state index contributed by atoms with van der Waals surface area (Å²) in [5.41, 5.74) is 0. The van der Waals surface area contributed by atoms with Crippen LogP contribution in [0.2, 0.25) is 0 Å². The molecule has 0 radical (unpaired) electrons. The molecule has 2 saturated heterocycles. The number of rotatable bonds is 2. The fraction of sp³-hybridized carbons (Fsp3) is 0.900. The summed E-state index contributed by atoms with van der Waals surface area (Å²) >= 11 is 0. The van der Waals surface area contributed by atoms with Crippen molar-refractivity contribution < 1.29 is 14.6 Å². The van der Waals surface area contributed by atoms with Gasteiger partial charge in [0.25, 0.3) is 0 Å². The zero-order chi connectivity index (χ0) is 11.5. The lowest BCUT2D eigenvalue weighted by atomic mass is 10.2. The van der Waals surface area contributed by atoms with Gasteiger partial charge in [-0.3, -0.25) is 4.90 Å². The van der Waals surface area contributed by atoms with Crippen LogP contribution in [0.4, 0.5) is 4.79 Å². The molecule has 6 heteroatoms. The first-order chi connectivity index (χ1) is 7.70. The summed E-state index contributed by atoms with van der Waals surface area (Å²) in [6.07, 6.45) is 0.243. The normalized spacial score (nSPS) is 35.2. The van der Waals surface area contributed by atoms with Crippen LogP contribution in [0.25, 0.3) is 0 Å². The Hall–Kier alpha value is -0.850. The topological polar surface area (TPSA) is 73.8 Å². The van der Waals surface area contributed by atoms with Crippen LogP contribution in [-0.4, -0.2) is 67.6 Å². The maximum atomic E-state index is 11.0. The highest BCUT2D eigenvalue weighted by atomic mass is 16.5. The van der Waals surface area contributed by atoms with E-state index in [-0.39, 0.29) is 24.3 Å². The minimum absolute atomic E-state index is 0.139. The van der Waals surface area contributed by atoms with E-state index in [1.54, 1.807) is 0 Å². The van der Waals surface area contributed by atoms with Crippen molar-refractivity contribution in [3.05, 3.63) is 0 Å². The van der Waals surface area contributed by atoms with Gasteiger partial charge in [0, 0.05) is 38.3 Å². The lowest BCUT2D eigenvalue weighted by molar-refractivity contribution is 0.0968. The molecular formula is C10H19N3O3. The summed E-state index contributed by atoms with van der Waals surface area (Å²) in [4.78, 5) is 13.3. The van der Waals surface area contributed by atoms with Gasteiger partial charge in [0.15, 0.2) is 0 Å². The van der Waals surface area contributed by atoms with E-state index in [0.717, 1.165) is 26.1 Å². The number of methoxy groups -OCH3 is 1. The summed E-state index contributed by atoms with van der Waals surface area (Å²) in [6, 6.07) is 0.324. The van der Waals surface area contributed by atoms with Crippen LogP contribution in [0.5, 0.6) is 0 Å². The molecule has 92 valence electrons. The van der Waals surface area contributed by atoms with E-state index in [9.17, 15) is 9.90 Å². The highest BCUT2D eigenvalue weighted by molar-refractivity contribution is 5.67. The number of aliphatic hydroxyl groups is 1. The molecule has 2 heterocycles. The SMILES string of the molecule is COC(=O)NC1CCN(C2CNCC2O)C1. The van der Waals surface area contributed by atoms with Gasteiger partial charge >= 0.3 is 6.09 Å². The van der Waals surface area contributed by atoms with E-state index in [0.29, 0.717) is 6.54 Å². The van der Waals surface area contributed by atoms with Gasteiger partial charge in [-0.2, -0.15) is 0 Å². The first-order valence-corrected chi connectivity index (χ1v) is 5.68. The summed E-state index contributed by atoms with van der Waals surface area (Å²) in [6.45, 7) is 3.19. The van der Waals surface area contributed by atoms with Crippen LogP contribution in [0.15, 0.2) is 0 Å². The molecule has 16 heavy (non-hydrogen) atoms. The molecule has 0 aromatic heterocycles. The number of aliphatic hydroxyl groups excluding tert-OH is 1. The van der Waals surface area contributed by atoms with Gasteiger partial charge < -0.3 is 20.5 Å². The highest BCUT2D eigenvalue weighted by Crippen LogP contribution is 2.17. The van der Waals surface area contributed by atoms with E-state index in [1.165, 1.54) is 7.11 Å². The summed E-state index contributed by atoms with van der Waals surface area (Å²) in [5, 5.41) is 15.7. The van der Waals surface area contributed by atoms with Crippen LogP contribution in [0.1, 0.15) is 6.42 Å². The van der Waals surface area contributed by atoms with Crippen LogP contribution in [0.3, 0.4) is 0 Å². The number of alkyl carbamates (subject to hydrolysis) is 1. The van der Waals surface area contributed by atoms with Crippen molar-refractivity contribution in [1.82, 2.24) is 15.5 Å². The molecule has 0 saturated carbocycles. The predicted octanol–water partition coefficient (Wildman–Crippen LogP) is -1.25. The summed E-state index contributed by atoms with van der Waals surface area (Å²) in [7, 11) is 1.37. The third-order valence-electron chi connectivity index (χ3n) is 3.35. The lowest BCUT2D eigenvalue weighted by Gasteiger charge is -2.25. The van der Waals surface area contributed by atoms with Gasteiger partial charge in [-0.05, 0) is 6.42 Å². The number of β-amino-alcohol motifs (C(OH)–C–C–N with tert-alkyl or cyclic N) is 1. The molecule has 2 rings (SSSR count). The lowest BCUT2D eigenvalue weighted by Crippen LogP contribution is -2.44. The molecule has 3 N–H and O–H groups in total. The Morgan fingerprint density at radius 1 is 1.56 bits per heavy atom. The molecule has 2 fully saturated rings. The number of ether oxygens (including phenoxy) is 1. The number of nitrogens with one attached hydrogen (secondary N) is 2.